The summed E-state index contributed by atoms with van der Waals surface area (Å²) in [7, 11) is 0. The fraction of sp³-hybridized carbons (Fsp3) is 0.596. The number of aliphatic carboxylic acids is 1. The van der Waals surface area contributed by atoms with Gasteiger partial charge in [0.15, 0.2) is 6.17 Å². The lowest BCUT2D eigenvalue weighted by molar-refractivity contribution is -0.143. The number of nitrogens with two attached hydrogens (primary N) is 1. The fourth-order valence-electron chi connectivity index (χ4n) is 6.32. The number of aryl methyl sites for hydroxylation is 1. The lowest BCUT2D eigenvalue weighted by Crippen LogP contribution is -2.62. The SMILES string of the molecule is CCCCc1ccc(-c2ccc(C(=O)NCCC(=O)N[C@@H](CCCCNC(=O)OC(C)(C)C)C(=O)N[C@H](C(=O)N[C@@H](N)C(=O)N[C@@H](CC(C)C)C(=O)O)[C@@H](C)OCC(C)C)cc2)cc1. The van der Waals surface area contributed by atoms with E-state index in [1.54, 1.807) is 53.7 Å². The molecule has 0 spiro atoms. The maximum absolute atomic E-state index is 14.0. The van der Waals surface area contributed by atoms with E-state index in [1.807, 2.05) is 26.0 Å². The number of benzene rings is 2. The molecule has 0 saturated carbocycles. The Morgan fingerprint density at radius 2 is 1.33 bits per heavy atom. The van der Waals surface area contributed by atoms with Gasteiger partial charge in [-0.2, -0.15) is 0 Å². The number of hydrogen-bond acceptors (Lipinski definition) is 10. The smallest absolute Gasteiger partial charge is 0.407 e. The molecular formula is C47H73N7O10. The zero-order valence-electron chi connectivity index (χ0n) is 39.1. The number of rotatable bonds is 27. The van der Waals surface area contributed by atoms with Crippen LogP contribution in [0.5, 0.6) is 0 Å². The molecule has 17 heteroatoms. The molecule has 2 aromatic rings. The van der Waals surface area contributed by atoms with Crippen molar-refractivity contribution in [2.75, 3.05) is 19.7 Å². The summed E-state index contributed by atoms with van der Waals surface area (Å²) < 4.78 is 11.2. The van der Waals surface area contributed by atoms with Crippen molar-refractivity contribution in [2.24, 2.45) is 17.6 Å². The monoisotopic (exact) mass is 896 g/mol. The Morgan fingerprint density at radius 1 is 0.703 bits per heavy atom. The standard InChI is InChI=1S/C47H73N7O10/c1-10-11-14-32-16-18-33(19-17-32)34-20-22-35(23-21-34)41(56)49-26-24-38(55)51-36(15-12-13-25-50-46(62)64-47(7,8)9)42(57)53-39(31(6)63-28-30(4)5)43(58)54-40(48)44(59)52-37(45(60)61)27-29(2)3/h16-23,29-31,36-37,39-40H,10-15,24-28,48H2,1-9H3,(H,49,56)(H,50,62)(H,51,55)(H,52,59)(H,53,57)(H,54,58)(H,60,61)/t31-,36+,37+,39+,40-/m1/s1. The van der Waals surface area contributed by atoms with Crippen LogP contribution in [0.2, 0.25) is 0 Å². The largest absolute Gasteiger partial charge is 0.480 e. The molecule has 356 valence electrons. The van der Waals surface area contributed by atoms with E-state index in [9.17, 15) is 38.7 Å². The first-order valence-corrected chi connectivity index (χ1v) is 22.3. The van der Waals surface area contributed by atoms with Crippen LogP contribution in [0.1, 0.15) is 123 Å². The van der Waals surface area contributed by atoms with Crippen molar-refractivity contribution in [1.82, 2.24) is 31.9 Å². The van der Waals surface area contributed by atoms with E-state index in [1.165, 1.54) is 5.56 Å². The molecule has 64 heavy (non-hydrogen) atoms. The van der Waals surface area contributed by atoms with Crippen LogP contribution in [0.25, 0.3) is 11.1 Å². The molecule has 0 aliphatic heterocycles. The lowest BCUT2D eigenvalue weighted by Gasteiger charge is -2.29. The minimum Gasteiger partial charge on any atom is -0.480 e. The molecule has 0 fully saturated rings. The van der Waals surface area contributed by atoms with Gasteiger partial charge in [0.2, 0.25) is 17.7 Å². The second-order valence-electron chi connectivity index (χ2n) is 17.9. The van der Waals surface area contributed by atoms with Gasteiger partial charge in [-0.15, -0.1) is 0 Å². The second kappa shape index (κ2) is 27.6. The molecule has 0 aliphatic rings. The topological polar surface area (TPSA) is 256 Å². The second-order valence-corrected chi connectivity index (χ2v) is 17.9. The van der Waals surface area contributed by atoms with Crippen molar-refractivity contribution in [2.45, 2.75) is 150 Å². The van der Waals surface area contributed by atoms with E-state index in [-0.39, 0.29) is 56.7 Å². The molecule has 0 aliphatic carbocycles. The minimum absolute atomic E-state index is 0.0370. The lowest BCUT2D eigenvalue weighted by atomic mass is 10.0. The highest BCUT2D eigenvalue weighted by molar-refractivity contribution is 5.96. The molecule has 17 nitrogen and oxygen atoms in total. The zero-order valence-corrected chi connectivity index (χ0v) is 39.1. The molecule has 0 bridgehead atoms. The average molecular weight is 896 g/mol. The first-order valence-electron chi connectivity index (χ1n) is 22.3. The number of hydrogen-bond donors (Lipinski definition) is 8. The van der Waals surface area contributed by atoms with Crippen molar-refractivity contribution < 1.29 is 48.1 Å². The van der Waals surface area contributed by atoms with E-state index >= 15 is 0 Å². The number of carboxylic acid groups (broad SMARTS) is 1. The van der Waals surface area contributed by atoms with E-state index in [4.69, 9.17) is 15.2 Å². The Labute approximate surface area is 378 Å². The van der Waals surface area contributed by atoms with Crippen LogP contribution in [-0.4, -0.2) is 102 Å². The Kier molecular flexibility index (Phi) is 23.5. The summed E-state index contributed by atoms with van der Waals surface area (Å²) >= 11 is 0. The van der Waals surface area contributed by atoms with Crippen molar-refractivity contribution >= 4 is 41.6 Å². The van der Waals surface area contributed by atoms with Gasteiger partial charge in [0.25, 0.3) is 11.8 Å². The van der Waals surface area contributed by atoms with Crippen molar-refractivity contribution in [3.8, 4) is 11.1 Å². The number of carboxylic acids is 1. The number of carbonyl (C=O) groups excluding carboxylic acids is 6. The van der Waals surface area contributed by atoms with Gasteiger partial charge in [-0.25, -0.2) is 9.59 Å². The number of unbranched alkanes of at least 4 members (excludes halogenated alkanes) is 2. The van der Waals surface area contributed by atoms with Crippen LogP contribution >= 0.6 is 0 Å². The summed E-state index contributed by atoms with van der Waals surface area (Å²) in [6.07, 6.45) is 0.881. The molecule has 0 unspecified atom stereocenters. The van der Waals surface area contributed by atoms with Gasteiger partial charge in [0.05, 0.1) is 6.10 Å². The summed E-state index contributed by atoms with van der Waals surface area (Å²) in [5, 5.41) is 25.0. The average Bonchev–Trinajstić information content (AvgIpc) is 3.22. The number of carbonyl (C=O) groups is 7. The third-order valence-electron chi connectivity index (χ3n) is 9.77. The van der Waals surface area contributed by atoms with Crippen molar-refractivity contribution in [3.63, 3.8) is 0 Å². The molecule has 9 N–H and O–H groups in total. The van der Waals surface area contributed by atoms with Gasteiger partial charge < -0.3 is 52.2 Å². The van der Waals surface area contributed by atoms with Crippen molar-refractivity contribution in [3.05, 3.63) is 59.7 Å². The number of ether oxygens (including phenoxy) is 2. The van der Waals surface area contributed by atoms with Gasteiger partial charge in [-0.05, 0) is 107 Å². The summed E-state index contributed by atoms with van der Waals surface area (Å²) in [4.78, 5) is 90.7. The number of nitrogens with one attached hydrogen (secondary N) is 6. The van der Waals surface area contributed by atoms with Crippen LogP contribution in [0.3, 0.4) is 0 Å². The maximum atomic E-state index is 14.0. The highest BCUT2D eigenvalue weighted by atomic mass is 16.6. The molecular weight excluding hydrogens is 823 g/mol. The predicted molar refractivity (Wildman–Crippen MR) is 245 cm³/mol. The first kappa shape index (κ1) is 54.6. The van der Waals surface area contributed by atoms with Crippen LogP contribution in [0, 0.1) is 11.8 Å². The summed E-state index contributed by atoms with van der Waals surface area (Å²) in [6.45, 7) is 16.7. The first-order chi connectivity index (χ1) is 30.1. The Bertz CT molecular complexity index is 1810. The Hall–Kier alpha value is -5.55. The molecule has 0 saturated heterocycles. The molecule has 0 heterocycles. The van der Waals surface area contributed by atoms with Gasteiger partial charge in [0.1, 0.15) is 23.7 Å². The highest BCUT2D eigenvalue weighted by Gasteiger charge is 2.34. The third-order valence-corrected chi connectivity index (χ3v) is 9.77. The molecule has 2 aromatic carbocycles. The van der Waals surface area contributed by atoms with E-state index in [2.05, 4.69) is 63.1 Å². The minimum atomic E-state index is -1.67. The van der Waals surface area contributed by atoms with Crippen molar-refractivity contribution in [1.29, 1.82) is 0 Å². The van der Waals surface area contributed by atoms with Gasteiger partial charge >= 0.3 is 12.1 Å². The number of amides is 6. The Balaban J connectivity index is 2.17. The van der Waals surface area contributed by atoms with E-state index in [0.717, 1.165) is 30.4 Å². The van der Waals surface area contributed by atoms with Crippen LogP contribution in [0.4, 0.5) is 4.79 Å². The number of alkyl carbamates (subject to hydrolysis) is 1. The van der Waals surface area contributed by atoms with Crippen LogP contribution in [-0.2, 0) is 39.9 Å². The molecule has 5 atom stereocenters. The summed E-state index contributed by atoms with van der Waals surface area (Å²) in [6, 6.07) is 11.7. The summed E-state index contributed by atoms with van der Waals surface area (Å²) in [5.41, 5.74) is 8.99. The summed E-state index contributed by atoms with van der Waals surface area (Å²) in [5.74, 6) is -4.77. The fourth-order valence-corrected chi connectivity index (χ4v) is 6.32. The van der Waals surface area contributed by atoms with Crippen LogP contribution < -0.4 is 37.6 Å². The predicted octanol–water partition coefficient (Wildman–Crippen LogP) is 4.56. The Morgan fingerprint density at radius 3 is 1.89 bits per heavy atom. The molecule has 6 amide bonds. The van der Waals surface area contributed by atoms with Crippen LogP contribution in [0.15, 0.2) is 48.5 Å². The molecule has 2 rings (SSSR count). The maximum Gasteiger partial charge on any atom is 0.407 e. The quantitative estimate of drug-likeness (QED) is 0.0456. The van der Waals surface area contributed by atoms with E-state index < -0.39 is 71.7 Å². The van der Waals surface area contributed by atoms with Gasteiger partial charge in [-0.1, -0.05) is 77.4 Å². The third kappa shape index (κ3) is 21.2. The van der Waals surface area contributed by atoms with Gasteiger partial charge in [0, 0.05) is 31.7 Å². The van der Waals surface area contributed by atoms with E-state index in [0.29, 0.717) is 18.4 Å². The van der Waals surface area contributed by atoms with Gasteiger partial charge in [-0.3, -0.25) is 24.0 Å². The highest BCUT2D eigenvalue weighted by Crippen LogP contribution is 2.21. The molecule has 0 aromatic heterocycles. The molecule has 0 radical (unpaired) electrons. The zero-order chi connectivity index (χ0) is 48.0. The normalized spacial score (nSPS) is 13.8.